The summed E-state index contributed by atoms with van der Waals surface area (Å²) in [7, 11) is 0. The number of rotatable bonds is 5. The molecule has 0 bridgehead atoms. The summed E-state index contributed by atoms with van der Waals surface area (Å²) >= 11 is 2.08. The van der Waals surface area contributed by atoms with E-state index in [1.165, 1.54) is 10.7 Å². The van der Waals surface area contributed by atoms with Gasteiger partial charge in [-0.2, -0.15) is 9.78 Å². The Morgan fingerprint density at radius 1 is 1.48 bits per heavy atom. The fourth-order valence-electron chi connectivity index (χ4n) is 1.85. The van der Waals surface area contributed by atoms with Crippen LogP contribution in [0, 0.1) is 20.6 Å². The van der Waals surface area contributed by atoms with Gasteiger partial charge < -0.3 is 10.1 Å². The lowest BCUT2D eigenvalue weighted by Crippen LogP contribution is -2.21. The predicted octanol–water partition coefficient (Wildman–Crippen LogP) is 2.51. The Hall–Kier alpha value is -2.30. The topological polar surface area (TPSA) is 102 Å². The van der Waals surface area contributed by atoms with E-state index in [1.807, 2.05) is 12.1 Å². The standard InChI is InChI=1S/C14H14IN5O3/c1-9(8-19-10(2)7-13(18-19)20(22)23)16-17-14(21)11-5-3-4-6-12(11)15/h3-7H,8H2,1-2H3,(H,17,21)/b16-9+. The third-order valence-corrected chi connectivity index (χ3v) is 3.94. The van der Waals surface area contributed by atoms with Crippen LogP contribution in [0.15, 0.2) is 35.4 Å². The maximum atomic E-state index is 12.0. The van der Waals surface area contributed by atoms with Crippen LogP contribution in [-0.2, 0) is 6.54 Å². The van der Waals surface area contributed by atoms with Crippen LogP contribution in [0.25, 0.3) is 0 Å². The van der Waals surface area contributed by atoms with Gasteiger partial charge in [-0.05, 0) is 53.5 Å². The number of benzene rings is 1. The third-order valence-electron chi connectivity index (χ3n) is 3.00. The highest BCUT2D eigenvalue weighted by Crippen LogP contribution is 2.12. The van der Waals surface area contributed by atoms with Crippen molar-refractivity contribution < 1.29 is 9.72 Å². The van der Waals surface area contributed by atoms with Gasteiger partial charge in [0.05, 0.1) is 28.1 Å². The van der Waals surface area contributed by atoms with Crippen LogP contribution in [-0.4, -0.2) is 26.3 Å². The summed E-state index contributed by atoms with van der Waals surface area (Å²) < 4.78 is 2.30. The van der Waals surface area contributed by atoms with Gasteiger partial charge in [0, 0.05) is 3.57 Å². The van der Waals surface area contributed by atoms with Crippen molar-refractivity contribution in [1.29, 1.82) is 0 Å². The Morgan fingerprint density at radius 3 is 2.78 bits per heavy atom. The molecule has 8 nitrogen and oxygen atoms in total. The zero-order valence-corrected chi connectivity index (χ0v) is 14.6. The van der Waals surface area contributed by atoms with Crippen LogP contribution >= 0.6 is 22.6 Å². The Balaban J connectivity index is 2.05. The Bertz CT molecular complexity index is 784. The average molecular weight is 427 g/mol. The summed E-state index contributed by atoms with van der Waals surface area (Å²) in [6.07, 6.45) is 0. The number of halogens is 1. The molecule has 0 saturated heterocycles. The first-order valence-electron chi connectivity index (χ1n) is 6.65. The molecule has 0 aliphatic carbocycles. The third kappa shape index (κ3) is 4.34. The molecule has 0 radical (unpaired) electrons. The Kier molecular flexibility index (Phi) is 5.42. The molecule has 0 aliphatic heterocycles. The van der Waals surface area contributed by atoms with Crippen molar-refractivity contribution in [3.8, 4) is 0 Å². The van der Waals surface area contributed by atoms with Crippen molar-refractivity contribution in [2.75, 3.05) is 0 Å². The Morgan fingerprint density at radius 2 is 2.17 bits per heavy atom. The molecule has 1 heterocycles. The number of carbonyl (C=O) groups is 1. The monoisotopic (exact) mass is 427 g/mol. The lowest BCUT2D eigenvalue weighted by atomic mass is 10.2. The molecule has 9 heteroatoms. The number of amides is 1. The first-order chi connectivity index (χ1) is 10.9. The molecule has 0 fully saturated rings. The summed E-state index contributed by atoms with van der Waals surface area (Å²) in [4.78, 5) is 22.2. The summed E-state index contributed by atoms with van der Waals surface area (Å²) in [5.41, 5.74) is 4.24. The largest absolute Gasteiger partial charge is 0.390 e. The van der Waals surface area contributed by atoms with Crippen LogP contribution in [0.4, 0.5) is 5.82 Å². The Labute approximate surface area is 145 Å². The number of aryl methyl sites for hydroxylation is 1. The summed E-state index contributed by atoms with van der Waals surface area (Å²) in [6, 6.07) is 8.56. The number of hydrogen-bond donors (Lipinski definition) is 1. The van der Waals surface area contributed by atoms with E-state index in [9.17, 15) is 14.9 Å². The molecule has 0 atom stereocenters. The molecule has 23 heavy (non-hydrogen) atoms. The van der Waals surface area contributed by atoms with E-state index in [1.54, 1.807) is 26.0 Å². The zero-order valence-electron chi connectivity index (χ0n) is 12.5. The molecular weight excluding hydrogens is 413 g/mol. The number of hydrazone groups is 1. The smallest absolute Gasteiger partial charge is 0.358 e. The van der Waals surface area contributed by atoms with Gasteiger partial charge in [-0.1, -0.05) is 12.1 Å². The van der Waals surface area contributed by atoms with E-state index in [4.69, 9.17) is 0 Å². The van der Waals surface area contributed by atoms with Gasteiger partial charge in [0.25, 0.3) is 5.91 Å². The lowest BCUT2D eigenvalue weighted by Gasteiger charge is -2.04. The van der Waals surface area contributed by atoms with Crippen LogP contribution in [0.2, 0.25) is 0 Å². The van der Waals surface area contributed by atoms with E-state index in [2.05, 4.69) is 38.2 Å². The molecule has 1 aromatic carbocycles. The SMILES string of the molecule is C/C(Cn1nc([N+](=O)[O-])cc1C)=N\NC(=O)c1ccccc1I. The minimum absolute atomic E-state index is 0.210. The highest BCUT2D eigenvalue weighted by atomic mass is 127. The maximum absolute atomic E-state index is 12.0. The molecule has 2 aromatic rings. The number of nitro groups is 1. The van der Waals surface area contributed by atoms with Gasteiger partial charge in [-0.15, -0.1) is 0 Å². The number of aromatic nitrogens is 2. The molecule has 1 aromatic heterocycles. The van der Waals surface area contributed by atoms with Gasteiger partial charge in [0.15, 0.2) is 0 Å². The van der Waals surface area contributed by atoms with Gasteiger partial charge in [0.1, 0.15) is 6.54 Å². The first kappa shape index (κ1) is 17.1. The van der Waals surface area contributed by atoms with Crippen LogP contribution in [0.1, 0.15) is 23.0 Å². The van der Waals surface area contributed by atoms with E-state index < -0.39 is 4.92 Å². The van der Waals surface area contributed by atoms with Crippen LogP contribution in [0.3, 0.4) is 0 Å². The number of carbonyl (C=O) groups excluding carboxylic acids is 1. The van der Waals surface area contributed by atoms with Crippen molar-refractivity contribution in [1.82, 2.24) is 15.2 Å². The van der Waals surface area contributed by atoms with Crippen molar-refractivity contribution in [2.24, 2.45) is 5.10 Å². The average Bonchev–Trinajstić information content (AvgIpc) is 2.87. The summed E-state index contributed by atoms with van der Waals surface area (Å²) in [5, 5.41) is 18.6. The molecule has 0 unspecified atom stereocenters. The van der Waals surface area contributed by atoms with E-state index in [0.717, 1.165) is 3.57 Å². The van der Waals surface area contributed by atoms with Gasteiger partial charge in [-0.3, -0.25) is 4.79 Å². The molecule has 0 aliphatic rings. The van der Waals surface area contributed by atoms with Gasteiger partial charge in [-0.25, -0.2) is 5.43 Å². The molecule has 0 spiro atoms. The van der Waals surface area contributed by atoms with Crippen molar-refractivity contribution in [2.45, 2.75) is 20.4 Å². The summed E-state index contributed by atoms with van der Waals surface area (Å²) in [6.45, 7) is 3.69. The second-order valence-electron chi connectivity index (χ2n) is 4.83. The van der Waals surface area contributed by atoms with Crippen molar-refractivity contribution in [3.05, 3.63) is 55.3 Å². The maximum Gasteiger partial charge on any atom is 0.390 e. The zero-order chi connectivity index (χ0) is 17.0. The first-order valence-corrected chi connectivity index (χ1v) is 7.73. The molecule has 0 saturated carbocycles. The van der Waals surface area contributed by atoms with Gasteiger partial charge >= 0.3 is 5.82 Å². The van der Waals surface area contributed by atoms with E-state index in [0.29, 0.717) is 17.0 Å². The number of nitrogens with one attached hydrogen (secondary N) is 1. The quantitative estimate of drug-likeness (QED) is 0.343. The van der Waals surface area contributed by atoms with Gasteiger partial charge in [0.2, 0.25) is 0 Å². The fraction of sp³-hybridized carbons (Fsp3) is 0.214. The molecule has 120 valence electrons. The highest BCUT2D eigenvalue weighted by molar-refractivity contribution is 14.1. The van der Waals surface area contributed by atoms with E-state index >= 15 is 0 Å². The van der Waals surface area contributed by atoms with Crippen LogP contribution in [0.5, 0.6) is 0 Å². The van der Waals surface area contributed by atoms with Crippen LogP contribution < -0.4 is 5.43 Å². The lowest BCUT2D eigenvalue weighted by molar-refractivity contribution is -0.389. The summed E-state index contributed by atoms with van der Waals surface area (Å²) in [5.74, 6) is -0.518. The predicted molar refractivity (Wildman–Crippen MR) is 93.4 cm³/mol. The number of nitrogens with zero attached hydrogens (tertiary/aromatic N) is 4. The minimum atomic E-state index is -0.547. The molecule has 2 rings (SSSR count). The second kappa shape index (κ2) is 7.31. The highest BCUT2D eigenvalue weighted by Gasteiger charge is 2.15. The van der Waals surface area contributed by atoms with Crippen molar-refractivity contribution in [3.63, 3.8) is 0 Å². The second-order valence-corrected chi connectivity index (χ2v) is 5.99. The van der Waals surface area contributed by atoms with Crippen molar-refractivity contribution >= 4 is 40.0 Å². The number of hydrogen-bond acceptors (Lipinski definition) is 5. The van der Waals surface area contributed by atoms with E-state index in [-0.39, 0.29) is 18.3 Å². The fourth-order valence-corrected chi connectivity index (χ4v) is 2.48. The molecular formula is C14H14IN5O3. The minimum Gasteiger partial charge on any atom is -0.358 e. The molecule has 1 N–H and O–H groups in total. The molecule has 1 amide bonds. The normalized spacial score (nSPS) is 11.3.